The van der Waals surface area contributed by atoms with Crippen LogP contribution in [0.25, 0.3) is 5.69 Å². The molecule has 0 radical (unpaired) electrons. The Morgan fingerprint density at radius 2 is 1.84 bits per heavy atom. The molecule has 2 aliphatic heterocycles. The lowest BCUT2D eigenvalue weighted by Gasteiger charge is -2.32. The number of hydrogen-bond acceptors (Lipinski definition) is 7. The van der Waals surface area contributed by atoms with Crippen molar-refractivity contribution < 1.29 is 33.3 Å². The molecular weight excluding hydrogens is 572 g/mol. The Hall–Kier alpha value is -3.69. The molecule has 3 aromatic rings. The molecule has 230 valence electrons. The average molecular weight is 611 g/mol. The number of halogens is 1. The Labute approximate surface area is 257 Å². The number of carbonyl (C=O) groups excluding carboxylic acids is 2. The Bertz CT molecular complexity index is 1450. The molecule has 0 aliphatic carbocycles. The summed E-state index contributed by atoms with van der Waals surface area (Å²) >= 11 is 6.47. The highest BCUT2D eigenvalue weighted by Gasteiger charge is 2.31. The summed E-state index contributed by atoms with van der Waals surface area (Å²) in [5, 5.41) is 0.596. The van der Waals surface area contributed by atoms with Gasteiger partial charge in [0.2, 0.25) is 5.91 Å². The Morgan fingerprint density at radius 3 is 2.56 bits per heavy atom. The summed E-state index contributed by atoms with van der Waals surface area (Å²) < 4.78 is 31.3. The third kappa shape index (κ3) is 6.78. The van der Waals surface area contributed by atoms with Gasteiger partial charge in [-0.2, -0.15) is 0 Å². The summed E-state index contributed by atoms with van der Waals surface area (Å²) in [4.78, 5) is 26.8. The summed E-state index contributed by atoms with van der Waals surface area (Å²) in [6.07, 6.45) is 3.40. The number of ether oxygens (including phenoxy) is 5. The van der Waals surface area contributed by atoms with E-state index in [1.165, 1.54) is 0 Å². The van der Waals surface area contributed by atoms with Crippen LogP contribution in [0.3, 0.4) is 0 Å². The first kappa shape index (κ1) is 30.8. The van der Waals surface area contributed by atoms with Crippen molar-refractivity contribution in [3.8, 4) is 22.9 Å². The van der Waals surface area contributed by atoms with Crippen molar-refractivity contribution in [2.75, 3.05) is 33.9 Å². The zero-order chi connectivity index (χ0) is 30.5. The van der Waals surface area contributed by atoms with Crippen LogP contribution in [0.15, 0.2) is 48.7 Å². The number of aromatic nitrogens is 1. The number of para-hydroxylation sites is 1. The van der Waals surface area contributed by atoms with Gasteiger partial charge in [0.05, 0.1) is 45.2 Å². The first-order valence-corrected chi connectivity index (χ1v) is 15.1. The predicted octanol–water partition coefficient (Wildman–Crippen LogP) is 6.12. The quantitative estimate of drug-likeness (QED) is 0.256. The van der Waals surface area contributed by atoms with Gasteiger partial charge in [-0.25, -0.2) is 0 Å². The number of nitrogens with zero attached hydrogens (tertiary/aromatic N) is 2. The molecular formula is C33H39ClN2O7. The van der Waals surface area contributed by atoms with Gasteiger partial charge in [-0.1, -0.05) is 23.7 Å². The average Bonchev–Trinajstić information content (AvgIpc) is 3.31. The van der Waals surface area contributed by atoms with Crippen molar-refractivity contribution >= 4 is 23.5 Å². The Balaban J connectivity index is 1.29. The van der Waals surface area contributed by atoms with Gasteiger partial charge >= 0.3 is 5.97 Å². The van der Waals surface area contributed by atoms with Crippen molar-refractivity contribution in [2.24, 2.45) is 5.92 Å². The lowest BCUT2D eigenvalue weighted by atomic mass is 9.93. The molecule has 2 aromatic carbocycles. The number of amides is 1. The van der Waals surface area contributed by atoms with Crippen LogP contribution in [-0.2, 0) is 25.7 Å². The maximum Gasteiger partial charge on any atom is 0.306 e. The molecule has 43 heavy (non-hydrogen) atoms. The van der Waals surface area contributed by atoms with Crippen LogP contribution in [0.5, 0.6) is 17.2 Å². The van der Waals surface area contributed by atoms with Gasteiger partial charge < -0.3 is 33.2 Å². The number of esters is 1. The van der Waals surface area contributed by atoms with Crippen molar-refractivity contribution in [1.82, 2.24) is 9.47 Å². The standard InChI is InChI=1S/C33H39ClN2O7/c1-5-41-31(38)18-22-11-14-35(15-12-22)30(37)17-21(2)43-28-13-16-36-26-10-9-23(34)19-25(26)32(42-20-27(28)36)24-7-6-8-29(39-3)33(24)40-4/h6-10,13,16,19,21-22,32H,5,11-12,14-15,17-18,20H2,1-4H3/t21?,32-/m1/s1. The summed E-state index contributed by atoms with van der Waals surface area (Å²) in [7, 11) is 3.22. The van der Waals surface area contributed by atoms with Gasteiger partial charge in [-0.3, -0.25) is 9.59 Å². The third-order valence-corrected chi connectivity index (χ3v) is 8.34. The Kier molecular flexibility index (Phi) is 9.82. The lowest BCUT2D eigenvalue weighted by molar-refractivity contribution is -0.144. The van der Waals surface area contributed by atoms with E-state index >= 15 is 0 Å². The van der Waals surface area contributed by atoms with E-state index in [2.05, 4.69) is 4.57 Å². The molecule has 0 bridgehead atoms. The maximum absolute atomic E-state index is 13.1. The molecule has 5 rings (SSSR count). The van der Waals surface area contributed by atoms with E-state index in [1.54, 1.807) is 14.2 Å². The highest BCUT2D eigenvalue weighted by molar-refractivity contribution is 6.30. The molecule has 0 saturated carbocycles. The first-order valence-electron chi connectivity index (χ1n) is 14.7. The SMILES string of the molecule is CCOC(=O)CC1CCN(C(=O)CC(C)Oc2ccn3c2CO[C@H](c2cccc(OC)c2OC)c2cc(Cl)ccc2-3)CC1. The number of benzene rings is 2. The predicted molar refractivity (Wildman–Crippen MR) is 162 cm³/mol. The van der Waals surface area contributed by atoms with E-state index in [0.717, 1.165) is 35.3 Å². The van der Waals surface area contributed by atoms with Crippen molar-refractivity contribution in [2.45, 2.75) is 58.3 Å². The normalized spacial score (nSPS) is 17.3. The molecule has 3 heterocycles. The number of rotatable bonds is 10. The zero-order valence-electron chi connectivity index (χ0n) is 25.1. The molecule has 1 fully saturated rings. The summed E-state index contributed by atoms with van der Waals surface area (Å²) in [5.41, 5.74) is 3.46. The molecule has 1 amide bonds. The second-order valence-electron chi connectivity index (χ2n) is 10.9. The molecule has 10 heteroatoms. The fourth-order valence-electron chi connectivity index (χ4n) is 5.98. The van der Waals surface area contributed by atoms with Gasteiger partial charge in [-0.15, -0.1) is 0 Å². The highest BCUT2D eigenvalue weighted by atomic mass is 35.5. The van der Waals surface area contributed by atoms with E-state index in [0.29, 0.717) is 48.4 Å². The van der Waals surface area contributed by atoms with Gasteiger partial charge in [0, 0.05) is 41.9 Å². The minimum absolute atomic E-state index is 0.0498. The second kappa shape index (κ2) is 13.7. The van der Waals surface area contributed by atoms with E-state index in [1.807, 2.05) is 67.4 Å². The van der Waals surface area contributed by atoms with Crippen LogP contribution in [0.4, 0.5) is 0 Å². The third-order valence-electron chi connectivity index (χ3n) is 8.10. The van der Waals surface area contributed by atoms with Crippen LogP contribution in [0.1, 0.15) is 62.5 Å². The lowest BCUT2D eigenvalue weighted by Crippen LogP contribution is -2.40. The fourth-order valence-corrected chi connectivity index (χ4v) is 6.16. The van der Waals surface area contributed by atoms with E-state index in [4.69, 9.17) is 35.3 Å². The molecule has 2 atom stereocenters. The van der Waals surface area contributed by atoms with Crippen LogP contribution < -0.4 is 14.2 Å². The molecule has 1 saturated heterocycles. The van der Waals surface area contributed by atoms with Gasteiger partial charge in [0.1, 0.15) is 18.0 Å². The number of carbonyl (C=O) groups is 2. The van der Waals surface area contributed by atoms with E-state index < -0.39 is 6.10 Å². The van der Waals surface area contributed by atoms with Crippen LogP contribution in [0.2, 0.25) is 5.02 Å². The topological polar surface area (TPSA) is 88.5 Å². The molecule has 0 spiro atoms. The van der Waals surface area contributed by atoms with Crippen molar-refractivity contribution in [3.05, 3.63) is 70.5 Å². The zero-order valence-corrected chi connectivity index (χ0v) is 25.9. The minimum atomic E-state index is -0.475. The molecule has 1 unspecified atom stereocenters. The second-order valence-corrected chi connectivity index (χ2v) is 11.4. The number of likely N-dealkylation sites (tertiary alicyclic amines) is 1. The highest BCUT2D eigenvalue weighted by Crippen LogP contribution is 2.44. The maximum atomic E-state index is 13.1. The largest absolute Gasteiger partial charge is 0.493 e. The van der Waals surface area contributed by atoms with Crippen LogP contribution in [-0.4, -0.2) is 61.4 Å². The molecule has 9 nitrogen and oxygen atoms in total. The van der Waals surface area contributed by atoms with Crippen molar-refractivity contribution in [3.63, 3.8) is 0 Å². The number of piperidine rings is 1. The number of hydrogen-bond donors (Lipinski definition) is 0. The molecule has 0 N–H and O–H groups in total. The van der Waals surface area contributed by atoms with E-state index in [-0.39, 0.29) is 36.9 Å². The fraction of sp³-hybridized carbons (Fsp3) is 0.455. The molecule has 1 aromatic heterocycles. The summed E-state index contributed by atoms with van der Waals surface area (Å²) in [6, 6.07) is 13.4. The summed E-state index contributed by atoms with van der Waals surface area (Å²) in [5.74, 6) is 2.01. The van der Waals surface area contributed by atoms with Gasteiger partial charge in [0.25, 0.3) is 0 Å². The smallest absolute Gasteiger partial charge is 0.306 e. The van der Waals surface area contributed by atoms with Crippen LogP contribution in [0, 0.1) is 5.92 Å². The minimum Gasteiger partial charge on any atom is -0.493 e. The van der Waals surface area contributed by atoms with E-state index in [9.17, 15) is 9.59 Å². The number of fused-ring (bicyclic) bond motifs is 3. The van der Waals surface area contributed by atoms with Gasteiger partial charge in [0.15, 0.2) is 11.5 Å². The van der Waals surface area contributed by atoms with Crippen LogP contribution >= 0.6 is 11.6 Å². The number of methoxy groups -OCH3 is 2. The van der Waals surface area contributed by atoms with Crippen molar-refractivity contribution in [1.29, 1.82) is 0 Å². The summed E-state index contributed by atoms with van der Waals surface area (Å²) in [6.45, 7) is 5.65. The van der Waals surface area contributed by atoms with Gasteiger partial charge in [-0.05, 0) is 62.9 Å². The first-order chi connectivity index (χ1) is 20.8. The monoisotopic (exact) mass is 610 g/mol. The Morgan fingerprint density at radius 1 is 1.05 bits per heavy atom. The molecule has 2 aliphatic rings.